The number of alkyl halides is 2. The van der Waals surface area contributed by atoms with Crippen molar-refractivity contribution in [3.63, 3.8) is 0 Å². The first kappa shape index (κ1) is 30.0. The number of hydrogen-bond donors (Lipinski definition) is 0. The Morgan fingerprint density at radius 3 is 2.39 bits per heavy atom. The second-order valence-corrected chi connectivity index (χ2v) is 10.3. The van der Waals surface area contributed by atoms with Crippen molar-refractivity contribution in [2.24, 2.45) is 5.92 Å². The van der Waals surface area contributed by atoms with Gasteiger partial charge in [-0.15, -0.1) is 23.2 Å². The Labute approximate surface area is 237 Å². The van der Waals surface area contributed by atoms with E-state index in [4.69, 9.17) is 27.9 Å². The lowest BCUT2D eigenvalue weighted by molar-refractivity contribution is -0.138. The molecule has 0 radical (unpaired) electrons. The zero-order valence-electron chi connectivity index (χ0n) is 22.3. The maximum absolute atomic E-state index is 13.1. The van der Waals surface area contributed by atoms with Gasteiger partial charge in [0.2, 0.25) is 0 Å². The van der Waals surface area contributed by atoms with Crippen LogP contribution >= 0.6 is 23.2 Å². The molecule has 3 rings (SSSR count). The van der Waals surface area contributed by atoms with E-state index in [9.17, 15) is 9.59 Å². The Morgan fingerprint density at radius 1 is 1.08 bits per heavy atom. The Morgan fingerprint density at radius 2 is 1.79 bits per heavy atom. The highest BCUT2D eigenvalue weighted by Gasteiger charge is 2.23. The van der Waals surface area contributed by atoms with Crippen LogP contribution in [-0.2, 0) is 9.53 Å². The molecule has 2 heterocycles. The fourth-order valence-electron chi connectivity index (χ4n) is 4.86. The quantitative estimate of drug-likeness (QED) is 0.115. The highest BCUT2D eigenvalue weighted by atomic mass is 35.5. The molecule has 1 fully saturated rings. The van der Waals surface area contributed by atoms with E-state index in [2.05, 4.69) is 9.88 Å². The highest BCUT2D eigenvalue weighted by molar-refractivity contribution is 6.18. The number of hydrogen-bond acceptors (Lipinski definition) is 5. The van der Waals surface area contributed by atoms with Crippen LogP contribution in [-0.4, -0.2) is 66.3 Å². The molecule has 0 bridgehead atoms. The first-order valence-electron chi connectivity index (χ1n) is 13.6. The number of halogens is 2. The van der Waals surface area contributed by atoms with Gasteiger partial charge in [0.05, 0.1) is 6.61 Å². The van der Waals surface area contributed by atoms with Gasteiger partial charge in [-0.2, -0.15) is 0 Å². The van der Waals surface area contributed by atoms with E-state index in [1.807, 2.05) is 54.3 Å². The molecule has 0 saturated carbocycles. The number of benzene rings is 1. The van der Waals surface area contributed by atoms with Crippen LogP contribution in [0.3, 0.4) is 0 Å². The normalized spacial score (nSPS) is 14.4. The van der Waals surface area contributed by atoms with Gasteiger partial charge in [-0.3, -0.25) is 9.78 Å². The number of unbranched alkanes of at least 4 members (excludes halogenated alkanes) is 1. The highest BCUT2D eigenvalue weighted by Crippen LogP contribution is 2.26. The monoisotopic (exact) mass is 559 g/mol. The number of carbonyl (C=O) groups is 2. The van der Waals surface area contributed by atoms with Crippen molar-refractivity contribution in [2.75, 3.05) is 49.4 Å². The zero-order valence-corrected chi connectivity index (χ0v) is 23.8. The summed E-state index contributed by atoms with van der Waals surface area (Å²) in [5.74, 6) is 1.51. The molecule has 6 nitrogen and oxygen atoms in total. The molecule has 0 aliphatic carbocycles. The lowest BCUT2D eigenvalue weighted by atomic mass is 9.90. The zero-order chi connectivity index (χ0) is 27.2. The van der Waals surface area contributed by atoms with E-state index in [1.54, 1.807) is 12.4 Å². The van der Waals surface area contributed by atoms with Gasteiger partial charge >= 0.3 is 5.97 Å². The van der Waals surface area contributed by atoms with E-state index in [0.717, 1.165) is 75.1 Å². The van der Waals surface area contributed by atoms with Crippen molar-refractivity contribution in [2.45, 2.75) is 45.4 Å². The van der Waals surface area contributed by atoms with Gasteiger partial charge in [0, 0.05) is 67.2 Å². The van der Waals surface area contributed by atoms with Gasteiger partial charge in [-0.05, 0) is 80.5 Å². The number of ether oxygens (including phenoxy) is 1. The van der Waals surface area contributed by atoms with Crippen molar-refractivity contribution in [3.8, 4) is 0 Å². The van der Waals surface area contributed by atoms with Crippen LogP contribution in [0.15, 0.2) is 54.4 Å². The number of anilines is 1. The van der Waals surface area contributed by atoms with E-state index < -0.39 is 0 Å². The number of aromatic nitrogens is 1. The minimum Gasteiger partial charge on any atom is -0.463 e. The maximum Gasteiger partial charge on any atom is 0.334 e. The number of esters is 1. The molecule has 206 valence electrons. The SMILES string of the molecule is CCOC(=O)/C(=C/c1cccnc1)CCCCC1CCN(C(=O)c2ccc(N(CCCl)CCCl)cc2)CC1. The van der Waals surface area contributed by atoms with Crippen LogP contribution in [0, 0.1) is 5.92 Å². The predicted molar refractivity (Wildman–Crippen MR) is 156 cm³/mol. The summed E-state index contributed by atoms with van der Waals surface area (Å²) in [7, 11) is 0. The lowest BCUT2D eigenvalue weighted by Crippen LogP contribution is -2.38. The molecular weight excluding hydrogens is 521 g/mol. The third-order valence-electron chi connectivity index (χ3n) is 6.96. The third-order valence-corrected chi connectivity index (χ3v) is 7.30. The topological polar surface area (TPSA) is 62.7 Å². The molecule has 1 aromatic heterocycles. The van der Waals surface area contributed by atoms with Gasteiger partial charge in [0.25, 0.3) is 5.91 Å². The second-order valence-electron chi connectivity index (χ2n) is 9.57. The van der Waals surface area contributed by atoms with Crippen molar-refractivity contribution in [1.29, 1.82) is 0 Å². The summed E-state index contributed by atoms with van der Waals surface area (Å²) < 4.78 is 5.26. The Bertz CT molecular complexity index is 1020. The average molecular weight is 561 g/mol. The van der Waals surface area contributed by atoms with E-state index in [-0.39, 0.29) is 11.9 Å². The fourth-order valence-corrected chi connectivity index (χ4v) is 5.27. The second kappa shape index (κ2) is 16.4. The molecule has 0 unspecified atom stereocenters. The van der Waals surface area contributed by atoms with Gasteiger partial charge in [-0.1, -0.05) is 18.9 Å². The standard InChI is InChI=1S/C30H39Cl2N3O3/c1-2-38-30(37)27(22-25-7-5-17-33-23-25)8-4-3-6-24-13-18-35(19-14-24)29(36)26-9-11-28(12-10-26)34(20-15-31)21-16-32/h5,7,9-12,17,22-24H,2-4,6,8,13-16,18-21H2,1H3/b27-22+. The van der Waals surface area contributed by atoms with Crippen LogP contribution in [0.2, 0.25) is 0 Å². The van der Waals surface area contributed by atoms with Crippen LogP contribution in [0.1, 0.15) is 61.4 Å². The largest absolute Gasteiger partial charge is 0.463 e. The Kier molecular flexibility index (Phi) is 12.9. The molecule has 2 aromatic rings. The lowest BCUT2D eigenvalue weighted by Gasteiger charge is -2.32. The number of pyridine rings is 1. The van der Waals surface area contributed by atoms with E-state index >= 15 is 0 Å². The molecule has 0 spiro atoms. The van der Waals surface area contributed by atoms with Gasteiger partial charge in [0.15, 0.2) is 0 Å². The molecule has 1 saturated heterocycles. The van der Waals surface area contributed by atoms with Crippen LogP contribution in [0.4, 0.5) is 5.69 Å². The van der Waals surface area contributed by atoms with Gasteiger partial charge < -0.3 is 14.5 Å². The van der Waals surface area contributed by atoms with Gasteiger partial charge in [-0.25, -0.2) is 4.79 Å². The Hall–Kier alpha value is -2.57. The summed E-state index contributed by atoms with van der Waals surface area (Å²) in [5, 5.41) is 0. The summed E-state index contributed by atoms with van der Waals surface area (Å²) in [6.45, 7) is 5.20. The minimum atomic E-state index is -0.248. The van der Waals surface area contributed by atoms with Crippen LogP contribution in [0.5, 0.6) is 0 Å². The number of rotatable bonds is 14. The number of nitrogens with zero attached hydrogens (tertiary/aromatic N) is 3. The van der Waals surface area contributed by atoms with Crippen molar-refractivity contribution >= 4 is 46.8 Å². The smallest absolute Gasteiger partial charge is 0.334 e. The third kappa shape index (κ3) is 9.32. The van der Waals surface area contributed by atoms with E-state index in [1.165, 1.54) is 0 Å². The van der Waals surface area contributed by atoms with Crippen LogP contribution < -0.4 is 4.90 Å². The Balaban J connectivity index is 1.44. The fraction of sp³-hybridized carbons (Fsp3) is 0.500. The minimum absolute atomic E-state index is 0.0934. The summed E-state index contributed by atoms with van der Waals surface area (Å²) in [5.41, 5.74) is 3.35. The van der Waals surface area contributed by atoms with Crippen molar-refractivity contribution in [1.82, 2.24) is 9.88 Å². The van der Waals surface area contributed by atoms with Crippen molar-refractivity contribution in [3.05, 3.63) is 65.5 Å². The molecule has 1 aliphatic heterocycles. The summed E-state index contributed by atoms with van der Waals surface area (Å²) in [4.78, 5) is 33.7. The first-order valence-corrected chi connectivity index (χ1v) is 14.7. The molecule has 0 atom stereocenters. The summed E-state index contributed by atoms with van der Waals surface area (Å²) >= 11 is 11.8. The molecular formula is C30H39Cl2N3O3. The van der Waals surface area contributed by atoms with Crippen molar-refractivity contribution < 1.29 is 14.3 Å². The molecule has 1 aromatic carbocycles. The van der Waals surface area contributed by atoms with E-state index in [0.29, 0.717) is 36.3 Å². The molecule has 38 heavy (non-hydrogen) atoms. The number of piperidine rings is 1. The summed E-state index contributed by atoms with van der Waals surface area (Å²) in [6.07, 6.45) is 11.2. The van der Waals surface area contributed by atoms with Gasteiger partial charge in [0.1, 0.15) is 0 Å². The van der Waals surface area contributed by atoms with Crippen LogP contribution in [0.25, 0.3) is 6.08 Å². The average Bonchev–Trinajstić information content (AvgIpc) is 2.95. The maximum atomic E-state index is 13.1. The first-order chi connectivity index (χ1) is 18.5. The number of likely N-dealkylation sites (tertiary alicyclic amines) is 1. The molecule has 8 heteroatoms. The predicted octanol–water partition coefficient (Wildman–Crippen LogP) is 6.42. The molecule has 1 amide bonds. The number of carbonyl (C=O) groups excluding carboxylic acids is 2. The molecule has 0 N–H and O–H groups in total. The molecule has 1 aliphatic rings. The summed E-state index contributed by atoms with van der Waals surface area (Å²) in [6, 6.07) is 11.6. The number of amides is 1.